The van der Waals surface area contributed by atoms with E-state index in [1.165, 1.54) is 5.75 Å². The van der Waals surface area contributed by atoms with Gasteiger partial charge in [0.15, 0.2) is 0 Å². The summed E-state index contributed by atoms with van der Waals surface area (Å²) in [6, 6.07) is 0. The maximum Gasteiger partial charge on any atom is 0.0789 e. The van der Waals surface area contributed by atoms with E-state index in [1.807, 2.05) is 11.8 Å². The van der Waals surface area contributed by atoms with Gasteiger partial charge >= 0.3 is 0 Å². The summed E-state index contributed by atoms with van der Waals surface area (Å²) in [5, 5.41) is 10.9. The maximum absolute atomic E-state index is 10.6. The van der Waals surface area contributed by atoms with Crippen LogP contribution in [-0.2, 0) is 4.74 Å². The summed E-state index contributed by atoms with van der Waals surface area (Å²) in [4.78, 5) is 0. The number of hydrogen-bond donors (Lipinski definition) is 1. The molecule has 0 spiro atoms. The third kappa shape index (κ3) is 2.65. The molecule has 0 bridgehead atoms. The summed E-state index contributed by atoms with van der Waals surface area (Å²) >= 11 is 1.90. The molecule has 1 saturated heterocycles. The van der Waals surface area contributed by atoms with Crippen molar-refractivity contribution < 1.29 is 9.84 Å². The molecule has 0 radical (unpaired) electrons. The smallest absolute Gasteiger partial charge is 0.0789 e. The second-order valence-corrected chi connectivity index (χ2v) is 5.74. The van der Waals surface area contributed by atoms with Crippen LogP contribution in [0, 0.1) is 5.92 Å². The standard InChI is InChI=1S/C11H22O2S/c1-9(5-7-13-3)11(12)6-4-8-14-10(11)2/h9-10,12H,4-8H2,1-3H3. The zero-order valence-corrected chi connectivity index (χ0v) is 10.3. The third-order valence-electron chi connectivity index (χ3n) is 3.40. The summed E-state index contributed by atoms with van der Waals surface area (Å²) in [7, 11) is 1.72. The molecule has 0 amide bonds. The van der Waals surface area contributed by atoms with Gasteiger partial charge in [0.25, 0.3) is 0 Å². The van der Waals surface area contributed by atoms with Gasteiger partial charge in [-0.25, -0.2) is 0 Å². The van der Waals surface area contributed by atoms with Crippen molar-refractivity contribution in [1.29, 1.82) is 0 Å². The normalized spacial score (nSPS) is 35.6. The van der Waals surface area contributed by atoms with E-state index in [0.29, 0.717) is 11.2 Å². The molecule has 1 heterocycles. The quantitative estimate of drug-likeness (QED) is 0.785. The second-order valence-electron chi connectivity index (χ2n) is 4.29. The van der Waals surface area contributed by atoms with Gasteiger partial charge in [0.2, 0.25) is 0 Å². The summed E-state index contributed by atoms with van der Waals surface area (Å²) < 4.78 is 5.07. The lowest BCUT2D eigenvalue weighted by Gasteiger charge is -2.42. The Morgan fingerprint density at radius 2 is 2.36 bits per heavy atom. The Labute approximate surface area is 91.4 Å². The summed E-state index contributed by atoms with van der Waals surface area (Å²) in [5.74, 6) is 1.53. The van der Waals surface area contributed by atoms with Gasteiger partial charge in [-0.05, 0) is 30.9 Å². The Kier molecular flexibility index (Phi) is 4.74. The van der Waals surface area contributed by atoms with Crippen molar-refractivity contribution in [2.75, 3.05) is 19.5 Å². The van der Waals surface area contributed by atoms with E-state index in [-0.39, 0.29) is 0 Å². The van der Waals surface area contributed by atoms with Gasteiger partial charge in [-0.15, -0.1) is 0 Å². The molecule has 1 rings (SSSR count). The van der Waals surface area contributed by atoms with Crippen molar-refractivity contribution in [3.63, 3.8) is 0 Å². The van der Waals surface area contributed by atoms with Crippen LogP contribution >= 0.6 is 11.8 Å². The van der Waals surface area contributed by atoms with E-state index in [1.54, 1.807) is 7.11 Å². The molecule has 1 aliphatic heterocycles. The van der Waals surface area contributed by atoms with Gasteiger partial charge in [0.1, 0.15) is 0 Å². The highest BCUT2D eigenvalue weighted by atomic mass is 32.2. The van der Waals surface area contributed by atoms with Crippen LogP contribution in [0.25, 0.3) is 0 Å². The molecular weight excluding hydrogens is 196 g/mol. The van der Waals surface area contributed by atoms with Crippen LogP contribution < -0.4 is 0 Å². The molecule has 84 valence electrons. The maximum atomic E-state index is 10.6. The van der Waals surface area contributed by atoms with Gasteiger partial charge in [-0.3, -0.25) is 0 Å². The van der Waals surface area contributed by atoms with E-state index in [0.717, 1.165) is 25.9 Å². The van der Waals surface area contributed by atoms with Gasteiger partial charge in [-0.2, -0.15) is 11.8 Å². The van der Waals surface area contributed by atoms with Crippen molar-refractivity contribution in [1.82, 2.24) is 0 Å². The van der Waals surface area contributed by atoms with Gasteiger partial charge < -0.3 is 9.84 Å². The molecule has 0 aromatic carbocycles. The monoisotopic (exact) mass is 218 g/mol. The van der Waals surface area contributed by atoms with Crippen molar-refractivity contribution in [3.05, 3.63) is 0 Å². The van der Waals surface area contributed by atoms with E-state index < -0.39 is 5.60 Å². The molecule has 3 heteroatoms. The molecule has 3 unspecified atom stereocenters. The number of thioether (sulfide) groups is 1. The Hall–Kier alpha value is 0.270. The fraction of sp³-hybridized carbons (Fsp3) is 1.00. The molecular formula is C11H22O2S. The van der Waals surface area contributed by atoms with Crippen molar-refractivity contribution in [2.24, 2.45) is 5.92 Å². The van der Waals surface area contributed by atoms with E-state index in [2.05, 4.69) is 13.8 Å². The van der Waals surface area contributed by atoms with E-state index >= 15 is 0 Å². The molecule has 14 heavy (non-hydrogen) atoms. The Morgan fingerprint density at radius 3 is 2.93 bits per heavy atom. The topological polar surface area (TPSA) is 29.5 Å². The van der Waals surface area contributed by atoms with Crippen LogP contribution in [0.1, 0.15) is 33.1 Å². The lowest BCUT2D eigenvalue weighted by atomic mass is 9.80. The molecule has 2 nitrogen and oxygen atoms in total. The first-order valence-corrected chi connectivity index (χ1v) is 6.49. The van der Waals surface area contributed by atoms with Crippen molar-refractivity contribution in [3.8, 4) is 0 Å². The molecule has 3 atom stereocenters. The van der Waals surface area contributed by atoms with Gasteiger partial charge in [0, 0.05) is 19.0 Å². The molecule has 0 aromatic rings. The van der Waals surface area contributed by atoms with E-state index in [4.69, 9.17) is 4.74 Å². The summed E-state index contributed by atoms with van der Waals surface area (Å²) in [6.07, 6.45) is 3.05. The first kappa shape index (κ1) is 12.3. The average Bonchev–Trinajstić information content (AvgIpc) is 2.19. The highest BCUT2D eigenvalue weighted by molar-refractivity contribution is 8.00. The SMILES string of the molecule is COCCC(C)C1(O)CCCSC1C. The van der Waals surface area contributed by atoms with Crippen molar-refractivity contribution >= 4 is 11.8 Å². The minimum absolute atomic E-state index is 0.338. The Bertz CT molecular complexity index is 175. The predicted molar refractivity (Wildman–Crippen MR) is 61.8 cm³/mol. The highest BCUT2D eigenvalue weighted by Crippen LogP contribution is 2.40. The van der Waals surface area contributed by atoms with Crippen LogP contribution in [0.5, 0.6) is 0 Å². The van der Waals surface area contributed by atoms with Crippen LogP contribution in [0.15, 0.2) is 0 Å². The lowest BCUT2D eigenvalue weighted by Crippen LogP contribution is -2.47. The molecule has 1 N–H and O–H groups in total. The molecule has 0 aromatic heterocycles. The largest absolute Gasteiger partial charge is 0.388 e. The van der Waals surface area contributed by atoms with Gasteiger partial charge in [0.05, 0.1) is 5.60 Å². The number of rotatable bonds is 4. The number of methoxy groups -OCH3 is 1. The average molecular weight is 218 g/mol. The van der Waals surface area contributed by atoms with E-state index in [9.17, 15) is 5.11 Å². The number of aliphatic hydroxyl groups is 1. The Morgan fingerprint density at radius 1 is 1.64 bits per heavy atom. The zero-order valence-electron chi connectivity index (χ0n) is 9.45. The van der Waals surface area contributed by atoms with Crippen LogP contribution in [0.2, 0.25) is 0 Å². The first-order chi connectivity index (χ1) is 6.61. The molecule has 1 fully saturated rings. The third-order valence-corrected chi connectivity index (χ3v) is 4.83. The van der Waals surface area contributed by atoms with Gasteiger partial charge in [-0.1, -0.05) is 13.8 Å². The minimum atomic E-state index is -0.471. The number of ether oxygens (including phenoxy) is 1. The molecule has 1 aliphatic rings. The highest BCUT2D eigenvalue weighted by Gasteiger charge is 2.40. The minimum Gasteiger partial charge on any atom is -0.388 e. The zero-order chi connectivity index (χ0) is 10.6. The first-order valence-electron chi connectivity index (χ1n) is 5.44. The van der Waals surface area contributed by atoms with Crippen LogP contribution in [-0.4, -0.2) is 35.4 Å². The molecule has 0 saturated carbocycles. The fourth-order valence-corrected chi connectivity index (χ4v) is 3.46. The Balaban J connectivity index is 2.52. The lowest BCUT2D eigenvalue weighted by molar-refractivity contribution is -0.0309. The predicted octanol–water partition coefficient (Wildman–Crippen LogP) is 2.31. The van der Waals surface area contributed by atoms with Crippen molar-refractivity contribution in [2.45, 2.75) is 44.0 Å². The molecule has 0 aliphatic carbocycles. The number of hydrogen-bond acceptors (Lipinski definition) is 3. The second kappa shape index (κ2) is 5.38. The summed E-state index contributed by atoms with van der Waals surface area (Å²) in [5.41, 5.74) is -0.471. The summed E-state index contributed by atoms with van der Waals surface area (Å²) in [6.45, 7) is 5.04. The van der Waals surface area contributed by atoms with Crippen LogP contribution in [0.4, 0.5) is 0 Å². The fourth-order valence-electron chi connectivity index (χ4n) is 2.15. The van der Waals surface area contributed by atoms with Crippen LogP contribution in [0.3, 0.4) is 0 Å².